The average Bonchev–Trinajstić information content (AvgIpc) is 2.91. The third kappa shape index (κ3) is 2.38. The zero-order valence-corrected chi connectivity index (χ0v) is 11.5. The number of benzene rings is 1. The monoisotopic (exact) mass is 283 g/mol. The topological polar surface area (TPSA) is 97.6 Å². The number of carbonyl (C=O) groups is 1. The number of nitrogens with zero attached hydrogens (tertiary/aromatic N) is 5. The molecule has 2 heterocycles. The fourth-order valence-corrected chi connectivity index (χ4v) is 2.08. The Bertz CT molecular complexity index is 811. The first kappa shape index (κ1) is 13.0. The molecule has 2 N–H and O–H groups in total. The SMILES string of the molecule is CNc1ncc(C(=O)Nc2nnn(C)n2)c2ccccc12. The summed E-state index contributed by atoms with van der Waals surface area (Å²) in [5, 5.41) is 18.6. The van der Waals surface area contributed by atoms with Crippen molar-refractivity contribution in [2.24, 2.45) is 7.05 Å². The molecule has 8 nitrogen and oxygen atoms in total. The van der Waals surface area contributed by atoms with Crippen LogP contribution in [0.25, 0.3) is 10.8 Å². The van der Waals surface area contributed by atoms with Crippen LogP contribution in [0.1, 0.15) is 10.4 Å². The van der Waals surface area contributed by atoms with Crippen molar-refractivity contribution in [3.8, 4) is 0 Å². The van der Waals surface area contributed by atoms with Crippen LogP contribution in [0.4, 0.5) is 11.8 Å². The number of hydrogen-bond acceptors (Lipinski definition) is 6. The van der Waals surface area contributed by atoms with Crippen LogP contribution in [0.3, 0.4) is 0 Å². The van der Waals surface area contributed by atoms with E-state index in [4.69, 9.17) is 0 Å². The van der Waals surface area contributed by atoms with Gasteiger partial charge < -0.3 is 5.32 Å². The molecule has 0 aliphatic heterocycles. The Hall–Kier alpha value is -3.03. The summed E-state index contributed by atoms with van der Waals surface area (Å²) in [7, 11) is 3.42. The zero-order chi connectivity index (χ0) is 14.8. The van der Waals surface area contributed by atoms with Gasteiger partial charge in [-0.1, -0.05) is 29.4 Å². The first-order valence-electron chi connectivity index (χ1n) is 6.30. The van der Waals surface area contributed by atoms with E-state index < -0.39 is 0 Å². The average molecular weight is 283 g/mol. The second-order valence-corrected chi connectivity index (χ2v) is 4.37. The molecule has 106 valence electrons. The van der Waals surface area contributed by atoms with Gasteiger partial charge in [0, 0.05) is 18.6 Å². The van der Waals surface area contributed by atoms with Gasteiger partial charge in [-0.3, -0.25) is 10.1 Å². The number of tetrazole rings is 1. The highest BCUT2D eigenvalue weighted by Gasteiger charge is 2.14. The van der Waals surface area contributed by atoms with Crippen molar-refractivity contribution in [1.29, 1.82) is 0 Å². The van der Waals surface area contributed by atoms with E-state index in [-0.39, 0.29) is 11.9 Å². The molecule has 0 bridgehead atoms. The Morgan fingerprint density at radius 2 is 2.00 bits per heavy atom. The quantitative estimate of drug-likeness (QED) is 0.745. The Morgan fingerprint density at radius 1 is 1.24 bits per heavy atom. The Morgan fingerprint density at radius 3 is 2.67 bits per heavy atom. The van der Waals surface area contributed by atoms with E-state index in [2.05, 4.69) is 31.0 Å². The number of fused-ring (bicyclic) bond motifs is 1. The highest BCUT2D eigenvalue weighted by molar-refractivity contribution is 6.13. The van der Waals surface area contributed by atoms with Gasteiger partial charge in [0.05, 0.1) is 12.6 Å². The van der Waals surface area contributed by atoms with Gasteiger partial charge in [-0.05, 0) is 10.6 Å². The predicted octanol–water partition coefficient (Wildman–Crippen LogP) is 1.05. The lowest BCUT2D eigenvalue weighted by atomic mass is 10.1. The van der Waals surface area contributed by atoms with Crippen molar-refractivity contribution in [2.45, 2.75) is 0 Å². The zero-order valence-electron chi connectivity index (χ0n) is 11.5. The van der Waals surface area contributed by atoms with E-state index in [0.717, 1.165) is 16.6 Å². The molecule has 0 spiro atoms. The first-order valence-corrected chi connectivity index (χ1v) is 6.30. The van der Waals surface area contributed by atoms with E-state index in [1.54, 1.807) is 14.1 Å². The van der Waals surface area contributed by atoms with Crippen molar-refractivity contribution in [3.63, 3.8) is 0 Å². The predicted molar refractivity (Wildman–Crippen MR) is 78.0 cm³/mol. The molecule has 0 aliphatic carbocycles. The lowest BCUT2D eigenvalue weighted by Crippen LogP contribution is -2.14. The van der Waals surface area contributed by atoms with Crippen molar-refractivity contribution < 1.29 is 4.79 Å². The Balaban J connectivity index is 2.02. The fraction of sp³-hybridized carbons (Fsp3) is 0.154. The number of anilines is 2. The number of aryl methyl sites for hydroxylation is 1. The molecule has 0 atom stereocenters. The smallest absolute Gasteiger partial charge is 0.270 e. The minimum absolute atomic E-state index is 0.157. The minimum atomic E-state index is -0.325. The third-order valence-corrected chi connectivity index (χ3v) is 3.01. The van der Waals surface area contributed by atoms with E-state index in [1.165, 1.54) is 11.0 Å². The number of nitrogens with one attached hydrogen (secondary N) is 2. The molecule has 0 fully saturated rings. The summed E-state index contributed by atoms with van der Waals surface area (Å²) in [4.78, 5) is 17.9. The molecule has 0 aliphatic rings. The van der Waals surface area contributed by atoms with Crippen LogP contribution in [-0.4, -0.2) is 38.1 Å². The maximum atomic E-state index is 12.3. The molecule has 0 saturated carbocycles. The van der Waals surface area contributed by atoms with Crippen LogP contribution in [0.15, 0.2) is 30.5 Å². The number of carbonyl (C=O) groups excluding carboxylic acids is 1. The molecule has 1 amide bonds. The van der Waals surface area contributed by atoms with Gasteiger partial charge in [0.15, 0.2) is 0 Å². The largest absolute Gasteiger partial charge is 0.373 e. The van der Waals surface area contributed by atoms with Crippen molar-refractivity contribution in [2.75, 3.05) is 17.7 Å². The maximum absolute atomic E-state index is 12.3. The van der Waals surface area contributed by atoms with Crippen LogP contribution in [0.2, 0.25) is 0 Å². The van der Waals surface area contributed by atoms with Crippen LogP contribution in [0, 0.1) is 0 Å². The van der Waals surface area contributed by atoms with Crippen molar-refractivity contribution in [3.05, 3.63) is 36.0 Å². The Kier molecular flexibility index (Phi) is 3.19. The molecule has 0 radical (unpaired) electrons. The highest BCUT2D eigenvalue weighted by atomic mass is 16.1. The van der Waals surface area contributed by atoms with Gasteiger partial charge in [-0.2, -0.15) is 4.80 Å². The summed E-state index contributed by atoms with van der Waals surface area (Å²) >= 11 is 0. The molecule has 2 aromatic heterocycles. The summed E-state index contributed by atoms with van der Waals surface area (Å²) in [5.74, 6) is 0.554. The van der Waals surface area contributed by atoms with Crippen LogP contribution < -0.4 is 10.6 Å². The van der Waals surface area contributed by atoms with Crippen molar-refractivity contribution >= 4 is 28.4 Å². The number of pyridine rings is 1. The number of aromatic nitrogens is 5. The van der Waals surface area contributed by atoms with Gasteiger partial charge in [0.2, 0.25) is 0 Å². The highest BCUT2D eigenvalue weighted by Crippen LogP contribution is 2.24. The van der Waals surface area contributed by atoms with Gasteiger partial charge >= 0.3 is 0 Å². The summed E-state index contributed by atoms with van der Waals surface area (Å²) in [6, 6.07) is 7.55. The lowest BCUT2D eigenvalue weighted by Gasteiger charge is -2.09. The van der Waals surface area contributed by atoms with Crippen LogP contribution >= 0.6 is 0 Å². The number of amides is 1. The molecule has 1 aromatic carbocycles. The van der Waals surface area contributed by atoms with E-state index in [0.29, 0.717) is 5.56 Å². The van der Waals surface area contributed by atoms with E-state index >= 15 is 0 Å². The third-order valence-electron chi connectivity index (χ3n) is 3.01. The second-order valence-electron chi connectivity index (χ2n) is 4.37. The molecule has 21 heavy (non-hydrogen) atoms. The lowest BCUT2D eigenvalue weighted by molar-refractivity contribution is 0.102. The molecular weight excluding hydrogens is 270 g/mol. The molecule has 3 aromatic rings. The summed E-state index contributed by atoms with van der Waals surface area (Å²) in [5.41, 5.74) is 0.456. The van der Waals surface area contributed by atoms with Gasteiger partial charge in [0.1, 0.15) is 5.82 Å². The fourth-order valence-electron chi connectivity index (χ4n) is 2.08. The van der Waals surface area contributed by atoms with Crippen LogP contribution in [-0.2, 0) is 7.05 Å². The molecule has 0 saturated heterocycles. The van der Waals surface area contributed by atoms with Crippen molar-refractivity contribution in [1.82, 2.24) is 25.2 Å². The molecule has 0 unspecified atom stereocenters. The van der Waals surface area contributed by atoms with Gasteiger partial charge in [-0.15, -0.1) is 5.10 Å². The summed E-state index contributed by atoms with van der Waals surface area (Å²) < 4.78 is 0. The second kappa shape index (κ2) is 5.16. The Labute approximate surface area is 120 Å². The molecule has 3 rings (SSSR count). The minimum Gasteiger partial charge on any atom is -0.373 e. The first-order chi connectivity index (χ1) is 10.2. The number of hydrogen-bond donors (Lipinski definition) is 2. The van der Waals surface area contributed by atoms with Gasteiger partial charge in [0.25, 0.3) is 11.9 Å². The van der Waals surface area contributed by atoms with E-state index in [9.17, 15) is 4.79 Å². The molecule has 8 heteroatoms. The van der Waals surface area contributed by atoms with Gasteiger partial charge in [-0.25, -0.2) is 4.98 Å². The van der Waals surface area contributed by atoms with Crippen LogP contribution in [0.5, 0.6) is 0 Å². The number of rotatable bonds is 3. The maximum Gasteiger partial charge on any atom is 0.270 e. The molecular formula is C13H13N7O. The summed E-state index contributed by atoms with van der Waals surface area (Å²) in [6.45, 7) is 0. The van der Waals surface area contributed by atoms with E-state index in [1.807, 2.05) is 24.3 Å². The summed E-state index contributed by atoms with van der Waals surface area (Å²) in [6.07, 6.45) is 1.53. The normalized spacial score (nSPS) is 10.6. The standard InChI is InChI=1S/C13H13N7O/c1-14-11-9-6-4-3-5-8(9)10(7-15-11)12(21)16-13-17-19-20(2)18-13/h3-7H,1-2H3,(H,14,15)(H,16,18,21).